The number of aromatic nitrogens is 5. The lowest BCUT2D eigenvalue weighted by atomic mass is 9.83. The quantitative estimate of drug-likeness (QED) is 0.146. The number of pyridine rings is 1. The van der Waals surface area contributed by atoms with Crippen LogP contribution in [0.2, 0.25) is 0 Å². The SMILES string of the molecule is CC(=O)N(N)C(=O)C1(C)C(=O)Nc2nc(-c3nn(CCC(F)(F)C(F)(F)F)c4ncccc34)nc(N)c21. The number of aryl methyl sites for hydroxylation is 1. The number of hydrogen-bond acceptors (Lipinski definition) is 9. The summed E-state index contributed by atoms with van der Waals surface area (Å²) in [7, 11) is 0. The Morgan fingerprint density at radius 2 is 1.89 bits per heavy atom. The van der Waals surface area contributed by atoms with Gasteiger partial charge in [0.2, 0.25) is 11.8 Å². The molecule has 3 aromatic rings. The minimum atomic E-state index is -5.74. The van der Waals surface area contributed by atoms with Gasteiger partial charge in [-0.1, -0.05) is 0 Å². The number of amides is 3. The third-order valence-electron chi connectivity index (χ3n) is 5.88. The third-order valence-corrected chi connectivity index (χ3v) is 5.88. The zero-order valence-corrected chi connectivity index (χ0v) is 19.1. The standard InChI is InChI=1S/C20H18F5N9O3/c1-8(35)34(27)17(37)18(2)10-12(26)29-14(30-13(10)31-16(18)36)11-9-4-3-6-28-15(9)33(32-11)7-5-19(21,22)20(23,24)25/h3-4,6H,5,7,27H2,1-2H3,(H3,26,29,30,31,36). The molecule has 0 saturated heterocycles. The van der Waals surface area contributed by atoms with Gasteiger partial charge in [-0.3, -0.25) is 14.4 Å². The lowest BCUT2D eigenvalue weighted by Gasteiger charge is -2.25. The zero-order chi connectivity index (χ0) is 27.5. The molecule has 3 aromatic heterocycles. The van der Waals surface area contributed by atoms with Crippen LogP contribution < -0.4 is 16.9 Å². The van der Waals surface area contributed by atoms with Crippen molar-refractivity contribution in [3.8, 4) is 11.5 Å². The molecule has 0 saturated carbocycles. The summed E-state index contributed by atoms with van der Waals surface area (Å²) < 4.78 is 65.7. The highest BCUT2D eigenvalue weighted by Crippen LogP contribution is 2.42. The van der Waals surface area contributed by atoms with E-state index in [0.29, 0.717) is 0 Å². The van der Waals surface area contributed by atoms with Crippen LogP contribution in [0.25, 0.3) is 22.6 Å². The van der Waals surface area contributed by atoms with E-state index < -0.39 is 48.2 Å². The van der Waals surface area contributed by atoms with Crippen molar-refractivity contribution in [2.24, 2.45) is 5.84 Å². The average Bonchev–Trinajstić information content (AvgIpc) is 3.31. The zero-order valence-electron chi connectivity index (χ0n) is 19.1. The number of hydrazine groups is 1. The molecule has 0 spiro atoms. The number of carbonyl (C=O) groups is 3. The Morgan fingerprint density at radius 3 is 2.51 bits per heavy atom. The number of halogens is 5. The molecule has 1 unspecified atom stereocenters. The van der Waals surface area contributed by atoms with E-state index in [0.717, 1.165) is 11.6 Å². The Bertz CT molecular complexity index is 1460. The molecule has 0 aromatic carbocycles. The fourth-order valence-electron chi connectivity index (χ4n) is 3.82. The molecule has 17 heteroatoms. The lowest BCUT2D eigenvalue weighted by Crippen LogP contribution is -2.53. The maximum absolute atomic E-state index is 13.5. The highest BCUT2D eigenvalue weighted by molar-refractivity contribution is 6.22. The van der Waals surface area contributed by atoms with Gasteiger partial charge >= 0.3 is 12.1 Å². The maximum Gasteiger partial charge on any atom is 0.453 e. The van der Waals surface area contributed by atoms with E-state index in [1.807, 2.05) is 0 Å². The summed E-state index contributed by atoms with van der Waals surface area (Å²) >= 11 is 0. The number of nitrogen functional groups attached to an aromatic ring is 1. The third kappa shape index (κ3) is 4.00. The van der Waals surface area contributed by atoms with Crippen LogP contribution in [-0.2, 0) is 26.3 Å². The van der Waals surface area contributed by atoms with Gasteiger partial charge < -0.3 is 11.1 Å². The topological polar surface area (TPSA) is 175 Å². The number of hydrogen-bond donors (Lipinski definition) is 3. The van der Waals surface area contributed by atoms with Crippen LogP contribution in [0.15, 0.2) is 18.3 Å². The fraction of sp³-hybridized carbons (Fsp3) is 0.350. The minimum absolute atomic E-state index is 0.0255. The molecule has 12 nitrogen and oxygen atoms in total. The van der Waals surface area contributed by atoms with Crippen molar-refractivity contribution in [1.82, 2.24) is 29.7 Å². The van der Waals surface area contributed by atoms with Gasteiger partial charge in [0, 0.05) is 26.1 Å². The molecule has 196 valence electrons. The molecule has 0 fully saturated rings. The van der Waals surface area contributed by atoms with Gasteiger partial charge in [0.15, 0.2) is 16.9 Å². The van der Waals surface area contributed by atoms with Crippen molar-refractivity contribution in [2.45, 2.75) is 44.3 Å². The molecule has 0 bridgehead atoms. The first-order valence-corrected chi connectivity index (χ1v) is 10.4. The van der Waals surface area contributed by atoms with E-state index in [4.69, 9.17) is 11.6 Å². The number of nitrogens with zero attached hydrogens (tertiary/aromatic N) is 6. The summed E-state index contributed by atoms with van der Waals surface area (Å²) in [4.78, 5) is 49.4. The van der Waals surface area contributed by atoms with Crippen molar-refractivity contribution in [3.63, 3.8) is 0 Å². The Kier molecular flexibility index (Phi) is 5.85. The summed E-state index contributed by atoms with van der Waals surface area (Å²) in [5.74, 6) is -3.09. The molecular weight excluding hydrogens is 509 g/mol. The van der Waals surface area contributed by atoms with Crippen molar-refractivity contribution in [1.29, 1.82) is 0 Å². The molecule has 3 amide bonds. The first-order chi connectivity index (χ1) is 17.1. The van der Waals surface area contributed by atoms with Gasteiger partial charge in [-0.15, -0.1) is 0 Å². The number of fused-ring (bicyclic) bond motifs is 2. The molecule has 1 aliphatic rings. The van der Waals surface area contributed by atoms with E-state index >= 15 is 0 Å². The van der Waals surface area contributed by atoms with Gasteiger partial charge in [0.1, 0.15) is 17.3 Å². The highest BCUT2D eigenvalue weighted by Gasteiger charge is 2.57. The molecule has 1 aliphatic heterocycles. The minimum Gasteiger partial charge on any atom is -0.383 e. The Balaban J connectivity index is 1.79. The molecule has 0 aliphatic carbocycles. The van der Waals surface area contributed by atoms with Gasteiger partial charge in [0.25, 0.3) is 5.91 Å². The van der Waals surface area contributed by atoms with E-state index in [-0.39, 0.29) is 44.8 Å². The second-order valence-corrected chi connectivity index (χ2v) is 8.33. The van der Waals surface area contributed by atoms with Gasteiger partial charge in [0.05, 0.1) is 10.9 Å². The molecule has 4 rings (SSSR count). The fourth-order valence-corrected chi connectivity index (χ4v) is 3.82. The smallest absolute Gasteiger partial charge is 0.383 e. The van der Waals surface area contributed by atoms with Crippen molar-refractivity contribution >= 4 is 40.4 Å². The Morgan fingerprint density at radius 1 is 1.22 bits per heavy atom. The monoisotopic (exact) mass is 527 g/mol. The van der Waals surface area contributed by atoms with E-state index in [9.17, 15) is 36.3 Å². The summed E-state index contributed by atoms with van der Waals surface area (Å²) in [6.07, 6.45) is -6.05. The highest BCUT2D eigenvalue weighted by atomic mass is 19.4. The van der Waals surface area contributed by atoms with Crippen LogP contribution in [-0.4, -0.2) is 59.6 Å². The summed E-state index contributed by atoms with van der Waals surface area (Å²) in [5, 5.41) is 6.89. The second kappa shape index (κ2) is 8.39. The normalized spacial score (nSPS) is 17.6. The molecule has 37 heavy (non-hydrogen) atoms. The average molecular weight is 527 g/mol. The number of carbonyl (C=O) groups excluding carboxylic acids is 3. The molecule has 0 radical (unpaired) electrons. The summed E-state index contributed by atoms with van der Waals surface area (Å²) in [6, 6.07) is 2.93. The number of imide groups is 1. The largest absolute Gasteiger partial charge is 0.453 e. The predicted molar refractivity (Wildman–Crippen MR) is 116 cm³/mol. The summed E-state index contributed by atoms with van der Waals surface area (Å²) in [6.45, 7) is 1.34. The van der Waals surface area contributed by atoms with E-state index in [1.165, 1.54) is 25.3 Å². The number of nitrogens with one attached hydrogen (secondary N) is 1. The second-order valence-electron chi connectivity index (χ2n) is 8.33. The Hall–Kier alpha value is -4.28. The van der Waals surface area contributed by atoms with Crippen LogP contribution in [0.3, 0.4) is 0 Å². The number of anilines is 2. The molecular formula is C20H18F5N9O3. The van der Waals surface area contributed by atoms with Gasteiger partial charge in [-0.25, -0.2) is 30.5 Å². The molecule has 5 N–H and O–H groups in total. The van der Waals surface area contributed by atoms with Crippen molar-refractivity contribution in [2.75, 3.05) is 11.1 Å². The number of rotatable bonds is 5. The Labute approximate surface area is 203 Å². The lowest BCUT2D eigenvalue weighted by molar-refractivity contribution is -0.285. The first kappa shape index (κ1) is 25.8. The predicted octanol–water partition coefficient (Wildman–Crippen LogP) is 1.52. The molecule has 1 atom stereocenters. The molecule has 4 heterocycles. The number of alkyl halides is 5. The van der Waals surface area contributed by atoms with Crippen LogP contribution in [0.5, 0.6) is 0 Å². The van der Waals surface area contributed by atoms with Gasteiger partial charge in [-0.05, 0) is 19.1 Å². The van der Waals surface area contributed by atoms with Crippen molar-refractivity contribution in [3.05, 3.63) is 23.9 Å². The van der Waals surface area contributed by atoms with Crippen LogP contribution in [0.1, 0.15) is 25.8 Å². The van der Waals surface area contributed by atoms with Crippen LogP contribution >= 0.6 is 0 Å². The van der Waals surface area contributed by atoms with Crippen LogP contribution in [0, 0.1) is 0 Å². The maximum atomic E-state index is 13.5. The van der Waals surface area contributed by atoms with E-state index in [2.05, 4.69) is 25.4 Å². The van der Waals surface area contributed by atoms with Gasteiger partial charge in [-0.2, -0.15) is 27.1 Å². The summed E-state index contributed by atoms with van der Waals surface area (Å²) in [5.41, 5.74) is 3.75. The number of nitrogens with two attached hydrogens (primary N) is 2. The van der Waals surface area contributed by atoms with Crippen molar-refractivity contribution < 1.29 is 36.3 Å². The first-order valence-electron chi connectivity index (χ1n) is 10.4. The van der Waals surface area contributed by atoms with E-state index in [1.54, 1.807) is 0 Å². The van der Waals surface area contributed by atoms with Crippen LogP contribution in [0.4, 0.5) is 33.6 Å².